The first kappa shape index (κ1) is 18.1. The van der Waals surface area contributed by atoms with E-state index in [0.717, 1.165) is 32.0 Å². The fraction of sp³-hybridized carbons (Fsp3) is 0.222. The van der Waals surface area contributed by atoms with E-state index in [1.807, 2.05) is 36.5 Å². The minimum absolute atomic E-state index is 0.0538. The van der Waals surface area contributed by atoms with Crippen molar-refractivity contribution in [3.05, 3.63) is 47.6 Å². The highest BCUT2D eigenvalue weighted by molar-refractivity contribution is 8.01. The van der Waals surface area contributed by atoms with Crippen molar-refractivity contribution in [1.29, 1.82) is 0 Å². The number of hydrogen-bond acceptors (Lipinski definition) is 7. The maximum Gasteiger partial charge on any atom is 0.226 e. The number of fused-ring (bicyclic) bond motifs is 1. The van der Waals surface area contributed by atoms with Crippen LogP contribution in [-0.2, 0) is 11.2 Å². The zero-order valence-corrected chi connectivity index (χ0v) is 17.0. The molecule has 1 aromatic carbocycles. The van der Waals surface area contributed by atoms with Gasteiger partial charge in [-0.05, 0) is 12.2 Å². The van der Waals surface area contributed by atoms with Crippen LogP contribution in [0.2, 0.25) is 0 Å². The molecule has 138 valence electrons. The van der Waals surface area contributed by atoms with Gasteiger partial charge < -0.3 is 5.32 Å². The lowest BCUT2D eigenvalue weighted by Crippen LogP contribution is -2.12. The summed E-state index contributed by atoms with van der Waals surface area (Å²) in [7, 11) is 0. The number of thioether (sulfide) groups is 1. The molecule has 1 N–H and O–H groups in total. The number of amides is 1. The molecule has 3 heterocycles. The van der Waals surface area contributed by atoms with Crippen LogP contribution in [0.25, 0.3) is 16.2 Å². The normalized spacial score (nSPS) is 11.1. The molecule has 0 radical (unpaired) electrons. The van der Waals surface area contributed by atoms with Crippen LogP contribution in [0, 0.1) is 0 Å². The molecule has 4 aromatic rings. The molecule has 3 aromatic heterocycles. The van der Waals surface area contributed by atoms with Crippen molar-refractivity contribution in [2.45, 2.75) is 24.1 Å². The van der Waals surface area contributed by atoms with Crippen molar-refractivity contribution in [1.82, 2.24) is 19.6 Å². The maximum absolute atomic E-state index is 12.2. The second-order valence-corrected chi connectivity index (χ2v) is 9.05. The predicted octanol–water partition coefficient (Wildman–Crippen LogP) is 4.60. The molecule has 0 atom stereocenters. The van der Waals surface area contributed by atoms with Gasteiger partial charge in [0.15, 0.2) is 9.30 Å². The van der Waals surface area contributed by atoms with Crippen LogP contribution in [-0.4, -0.2) is 31.2 Å². The van der Waals surface area contributed by atoms with E-state index in [9.17, 15) is 4.79 Å². The van der Waals surface area contributed by atoms with Crippen LogP contribution in [0.15, 0.2) is 46.2 Å². The summed E-state index contributed by atoms with van der Waals surface area (Å²) in [6, 6.07) is 10.1. The monoisotopic (exact) mass is 415 g/mol. The average Bonchev–Trinajstić information content (AvgIpc) is 3.37. The Morgan fingerprint density at radius 2 is 2.11 bits per heavy atom. The number of nitrogens with one attached hydrogen (secondary N) is 1. The molecule has 0 bridgehead atoms. The van der Waals surface area contributed by atoms with E-state index in [2.05, 4.69) is 37.2 Å². The summed E-state index contributed by atoms with van der Waals surface area (Å²) in [5, 5.41) is 13.5. The number of nitrogens with zero attached hydrogens (tertiary/aromatic N) is 4. The molecule has 6 nitrogen and oxygen atoms in total. The first-order valence-electron chi connectivity index (χ1n) is 8.50. The SMILES string of the molecule is CCSc1nnc(NC(=O)CCc2csc3nc(-c4ccccc4)cn23)s1. The number of imidazole rings is 1. The van der Waals surface area contributed by atoms with Gasteiger partial charge in [0.05, 0.1) is 5.69 Å². The molecule has 0 saturated heterocycles. The topological polar surface area (TPSA) is 72.2 Å². The Hall–Kier alpha value is -2.23. The van der Waals surface area contributed by atoms with Gasteiger partial charge in [-0.3, -0.25) is 9.20 Å². The van der Waals surface area contributed by atoms with Crippen LogP contribution in [0.1, 0.15) is 19.0 Å². The van der Waals surface area contributed by atoms with E-state index in [4.69, 9.17) is 0 Å². The van der Waals surface area contributed by atoms with Crippen molar-refractivity contribution < 1.29 is 4.79 Å². The van der Waals surface area contributed by atoms with Gasteiger partial charge in [0.25, 0.3) is 0 Å². The standard InChI is InChI=1S/C18H17N5OS3/c1-2-25-18-22-21-16(27-18)20-15(24)9-8-13-11-26-17-19-14(10-23(13)17)12-6-4-3-5-7-12/h3-7,10-11H,2,8-9H2,1H3,(H,20,21,24). The molecule has 0 unspecified atom stereocenters. The first-order valence-corrected chi connectivity index (χ1v) is 11.2. The highest BCUT2D eigenvalue weighted by Gasteiger charge is 2.12. The lowest BCUT2D eigenvalue weighted by Gasteiger charge is -2.01. The Balaban J connectivity index is 1.41. The molecule has 27 heavy (non-hydrogen) atoms. The Labute approximate surface area is 168 Å². The summed E-state index contributed by atoms with van der Waals surface area (Å²) in [5.74, 6) is 0.883. The van der Waals surface area contributed by atoms with Gasteiger partial charge in [-0.1, -0.05) is 60.4 Å². The number of aromatic nitrogens is 4. The Morgan fingerprint density at radius 1 is 1.26 bits per heavy atom. The molecule has 1 amide bonds. The third kappa shape index (κ3) is 4.20. The van der Waals surface area contributed by atoms with E-state index in [-0.39, 0.29) is 5.91 Å². The third-order valence-corrected chi connectivity index (χ3v) is 6.62. The average molecular weight is 416 g/mol. The summed E-state index contributed by atoms with van der Waals surface area (Å²) < 4.78 is 2.94. The predicted molar refractivity (Wildman–Crippen MR) is 112 cm³/mol. The number of anilines is 1. The molecule has 0 fully saturated rings. The number of thiazole rings is 1. The molecule has 9 heteroatoms. The molecule has 0 aliphatic carbocycles. The summed E-state index contributed by atoms with van der Waals surface area (Å²) in [4.78, 5) is 17.9. The first-order chi connectivity index (χ1) is 13.2. The highest BCUT2D eigenvalue weighted by atomic mass is 32.2. The second-order valence-electron chi connectivity index (χ2n) is 5.73. The largest absolute Gasteiger partial charge is 0.300 e. The number of hydrogen-bond donors (Lipinski definition) is 1. The Bertz CT molecular complexity index is 1050. The van der Waals surface area contributed by atoms with Gasteiger partial charge in [0.2, 0.25) is 11.0 Å². The van der Waals surface area contributed by atoms with Gasteiger partial charge >= 0.3 is 0 Å². The Morgan fingerprint density at radius 3 is 2.93 bits per heavy atom. The summed E-state index contributed by atoms with van der Waals surface area (Å²) in [6.07, 6.45) is 3.07. The smallest absolute Gasteiger partial charge is 0.226 e. The van der Waals surface area contributed by atoms with Crippen LogP contribution in [0.4, 0.5) is 5.13 Å². The fourth-order valence-electron chi connectivity index (χ4n) is 2.62. The van der Waals surface area contributed by atoms with Gasteiger partial charge in [0.1, 0.15) is 0 Å². The summed E-state index contributed by atoms with van der Waals surface area (Å²) >= 11 is 4.62. The van der Waals surface area contributed by atoms with Crippen LogP contribution >= 0.6 is 34.4 Å². The molecule has 0 spiro atoms. The van der Waals surface area contributed by atoms with Crippen molar-refractivity contribution >= 4 is 50.4 Å². The minimum Gasteiger partial charge on any atom is -0.300 e. The molecule has 0 saturated carbocycles. The fourth-order valence-corrected chi connectivity index (χ4v) is 5.20. The number of rotatable bonds is 7. The second kappa shape index (κ2) is 8.20. The molecule has 4 rings (SSSR count). The maximum atomic E-state index is 12.2. The highest BCUT2D eigenvalue weighted by Crippen LogP contribution is 2.26. The molecule has 0 aliphatic heterocycles. The van der Waals surface area contributed by atoms with Gasteiger partial charge in [0, 0.05) is 29.3 Å². The lowest BCUT2D eigenvalue weighted by molar-refractivity contribution is -0.116. The zero-order valence-electron chi connectivity index (χ0n) is 14.6. The Kier molecular flexibility index (Phi) is 5.51. The van der Waals surface area contributed by atoms with Crippen molar-refractivity contribution in [3.8, 4) is 11.3 Å². The lowest BCUT2D eigenvalue weighted by atomic mass is 10.2. The van der Waals surface area contributed by atoms with Crippen LogP contribution in [0.5, 0.6) is 0 Å². The summed E-state index contributed by atoms with van der Waals surface area (Å²) in [5.41, 5.74) is 3.12. The number of carbonyl (C=O) groups is 1. The summed E-state index contributed by atoms with van der Waals surface area (Å²) in [6.45, 7) is 2.06. The van der Waals surface area contributed by atoms with E-state index < -0.39 is 0 Å². The van der Waals surface area contributed by atoms with Crippen LogP contribution < -0.4 is 5.32 Å². The molecular formula is C18H17N5OS3. The minimum atomic E-state index is -0.0538. The van der Waals surface area contributed by atoms with Crippen molar-refractivity contribution in [3.63, 3.8) is 0 Å². The molecule has 0 aliphatic rings. The van der Waals surface area contributed by atoms with E-state index in [1.54, 1.807) is 23.1 Å². The molecular weight excluding hydrogens is 398 g/mol. The van der Waals surface area contributed by atoms with Crippen molar-refractivity contribution in [2.75, 3.05) is 11.1 Å². The third-order valence-electron chi connectivity index (χ3n) is 3.88. The number of benzene rings is 1. The van der Waals surface area contributed by atoms with Gasteiger partial charge in [-0.15, -0.1) is 21.5 Å². The van der Waals surface area contributed by atoms with Gasteiger partial charge in [-0.2, -0.15) is 0 Å². The van der Waals surface area contributed by atoms with Gasteiger partial charge in [-0.25, -0.2) is 4.98 Å². The number of carbonyl (C=O) groups excluding carboxylic acids is 1. The van der Waals surface area contributed by atoms with E-state index >= 15 is 0 Å². The van der Waals surface area contributed by atoms with Crippen molar-refractivity contribution in [2.24, 2.45) is 0 Å². The zero-order chi connectivity index (χ0) is 18.6. The number of aryl methyl sites for hydroxylation is 1. The van der Waals surface area contributed by atoms with E-state index in [1.165, 1.54) is 11.3 Å². The van der Waals surface area contributed by atoms with E-state index in [0.29, 0.717) is 18.0 Å². The van der Waals surface area contributed by atoms with Crippen LogP contribution in [0.3, 0.4) is 0 Å². The quantitative estimate of drug-likeness (QED) is 0.353.